The minimum atomic E-state index is 0. The lowest BCUT2D eigenvalue weighted by Gasteiger charge is -2.36. The van der Waals surface area contributed by atoms with Crippen LogP contribution in [0.2, 0.25) is 0 Å². The van der Waals surface area contributed by atoms with Gasteiger partial charge in [-0.15, -0.1) is 12.4 Å². The second kappa shape index (κ2) is 7.73. The number of hydrogen-bond acceptors (Lipinski definition) is 4. The van der Waals surface area contributed by atoms with Gasteiger partial charge >= 0.3 is 0 Å². The molecule has 2 fully saturated rings. The Balaban J connectivity index is 0.00000161. The first kappa shape index (κ1) is 16.2. The lowest BCUT2D eigenvalue weighted by Crippen LogP contribution is -2.52. The summed E-state index contributed by atoms with van der Waals surface area (Å²) in [4.78, 5) is 20.8. The van der Waals surface area contributed by atoms with Crippen LogP contribution in [0.5, 0.6) is 0 Å². The van der Waals surface area contributed by atoms with Crippen molar-refractivity contribution in [2.24, 2.45) is 0 Å². The molecule has 1 N–H and O–H groups in total. The van der Waals surface area contributed by atoms with E-state index in [-0.39, 0.29) is 18.4 Å². The predicted octanol–water partition coefficient (Wildman–Crippen LogP) is 0.900. The van der Waals surface area contributed by atoms with Gasteiger partial charge in [-0.1, -0.05) is 0 Å². The molecule has 2 aliphatic rings. The highest BCUT2D eigenvalue weighted by Crippen LogP contribution is 2.12. The first-order chi connectivity index (χ1) is 9.83. The average molecular weight is 311 g/mol. The van der Waals surface area contributed by atoms with Gasteiger partial charge in [0.05, 0.1) is 6.04 Å². The number of halogens is 1. The molecule has 116 valence electrons. The summed E-state index contributed by atoms with van der Waals surface area (Å²) in [7, 11) is 0. The summed E-state index contributed by atoms with van der Waals surface area (Å²) in [5, 5.41) is 3.29. The van der Waals surface area contributed by atoms with Crippen LogP contribution in [0.25, 0.3) is 0 Å². The van der Waals surface area contributed by atoms with Crippen LogP contribution in [0.3, 0.4) is 0 Å². The zero-order valence-electron chi connectivity index (χ0n) is 12.2. The normalized spacial score (nSPS) is 22.9. The number of amides is 1. The Kier molecular flexibility index (Phi) is 5.96. The molecular weight excluding hydrogens is 288 g/mol. The molecule has 0 spiro atoms. The number of carbonyl (C=O) groups excluding carboxylic acids is 1. The van der Waals surface area contributed by atoms with E-state index in [2.05, 4.69) is 27.3 Å². The summed E-state index contributed by atoms with van der Waals surface area (Å²) in [5.74, 6) is 0.297. The molecule has 21 heavy (non-hydrogen) atoms. The molecule has 1 aromatic rings. The van der Waals surface area contributed by atoms with E-state index in [0.717, 1.165) is 52.1 Å². The van der Waals surface area contributed by atoms with Gasteiger partial charge in [-0.05, 0) is 37.1 Å². The molecule has 1 atom stereocenters. The standard InChI is InChI=1S/C15H22N4O.ClH/c20-15(14-2-1-5-17-14)19-10-8-18(9-11-19)12-13-3-6-16-7-4-13;/h3-4,6-7,14,17H,1-2,5,8-12H2;1H/t14-;/m0./s1. The smallest absolute Gasteiger partial charge is 0.239 e. The third-order valence-corrected chi connectivity index (χ3v) is 4.20. The van der Waals surface area contributed by atoms with Crippen LogP contribution in [0, 0.1) is 0 Å². The van der Waals surface area contributed by atoms with Crippen molar-refractivity contribution in [3.05, 3.63) is 30.1 Å². The van der Waals surface area contributed by atoms with Gasteiger partial charge in [-0.2, -0.15) is 0 Å². The fourth-order valence-electron chi connectivity index (χ4n) is 2.99. The second-order valence-electron chi connectivity index (χ2n) is 5.61. The van der Waals surface area contributed by atoms with Gasteiger partial charge < -0.3 is 10.2 Å². The number of nitrogens with zero attached hydrogens (tertiary/aromatic N) is 3. The van der Waals surface area contributed by atoms with E-state index in [4.69, 9.17) is 0 Å². The highest BCUT2D eigenvalue weighted by atomic mass is 35.5. The van der Waals surface area contributed by atoms with Gasteiger partial charge in [0.2, 0.25) is 5.91 Å². The Morgan fingerprint density at radius 1 is 1.24 bits per heavy atom. The number of hydrogen-bond donors (Lipinski definition) is 1. The predicted molar refractivity (Wildman–Crippen MR) is 84.4 cm³/mol. The molecule has 2 aliphatic heterocycles. The van der Waals surface area contributed by atoms with Crippen molar-refractivity contribution in [1.29, 1.82) is 0 Å². The molecular formula is C15H23ClN4O. The zero-order chi connectivity index (χ0) is 13.8. The maximum absolute atomic E-state index is 12.3. The fourth-order valence-corrected chi connectivity index (χ4v) is 2.99. The van der Waals surface area contributed by atoms with E-state index in [9.17, 15) is 4.79 Å². The Bertz CT molecular complexity index is 442. The lowest BCUT2D eigenvalue weighted by atomic mass is 10.1. The van der Waals surface area contributed by atoms with Gasteiger partial charge in [0, 0.05) is 45.1 Å². The molecule has 1 amide bonds. The number of rotatable bonds is 3. The van der Waals surface area contributed by atoms with Gasteiger partial charge in [-0.25, -0.2) is 0 Å². The molecule has 3 heterocycles. The van der Waals surface area contributed by atoms with Crippen molar-refractivity contribution in [3.63, 3.8) is 0 Å². The Morgan fingerprint density at radius 3 is 2.57 bits per heavy atom. The summed E-state index contributed by atoms with van der Waals surface area (Å²) in [5.41, 5.74) is 1.29. The maximum Gasteiger partial charge on any atom is 0.239 e. The maximum atomic E-state index is 12.3. The second-order valence-corrected chi connectivity index (χ2v) is 5.61. The molecule has 0 unspecified atom stereocenters. The van der Waals surface area contributed by atoms with Gasteiger partial charge in [0.15, 0.2) is 0 Å². The summed E-state index contributed by atoms with van der Waals surface area (Å²) < 4.78 is 0. The van der Waals surface area contributed by atoms with Crippen LogP contribution in [0.1, 0.15) is 18.4 Å². The van der Waals surface area contributed by atoms with E-state index in [0.29, 0.717) is 5.91 Å². The molecule has 0 aromatic carbocycles. The first-order valence-electron chi connectivity index (χ1n) is 7.46. The van der Waals surface area contributed by atoms with Crippen LogP contribution >= 0.6 is 12.4 Å². The van der Waals surface area contributed by atoms with Gasteiger partial charge in [0.1, 0.15) is 0 Å². The Labute approximate surface area is 132 Å². The lowest BCUT2D eigenvalue weighted by molar-refractivity contribution is -0.134. The van der Waals surface area contributed by atoms with Gasteiger partial charge in [0.25, 0.3) is 0 Å². The number of piperazine rings is 1. The number of aromatic nitrogens is 1. The molecule has 3 rings (SSSR count). The van der Waals surface area contributed by atoms with Crippen molar-refractivity contribution in [2.75, 3.05) is 32.7 Å². The van der Waals surface area contributed by atoms with E-state index >= 15 is 0 Å². The van der Waals surface area contributed by atoms with Crippen molar-refractivity contribution in [2.45, 2.75) is 25.4 Å². The van der Waals surface area contributed by atoms with Crippen molar-refractivity contribution < 1.29 is 4.79 Å². The molecule has 1 aromatic heterocycles. The third kappa shape index (κ3) is 4.15. The van der Waals surface area contributed by atoms with Crippen LogP contribution in [0.15, 0.2) is 24.5 Å². The monoisotopic (exact) mass is 310 g/mol. The van der Waals surface area contributed by atoms with E-state index in [1.807, 2.05) is 17.3 Å². The Morgan fingerprint density at radius 2 is 1.95 bits per heavy atom. The van der Waals surface area contributed by atoms with E-state index < -0.39 is 0 Å². The molecule has 0 bridgehead atoms. The van der Waals surface area contributed by atoms with E-state index in [1.165, 1.54) is 5.56 Å². The molecule has 0 radical (unpaired) electrons. The van der Waals surface area contributed by atoms with E-state index in [1.54, 1.807) is 0 Å². The Hall–Kier alpha value is -1.17. The zero-order valence-corrected chi connectivity index (χ0v) is 13.0. The van der Waals surface area contributed by atoms with Crippen molar-refractivity contribution in [1.82, 2.24) is 20.1 Å². The topological polar surface area (TPSA) is 48.5 Å². The molecule has 0 saturated carbocycles. The highest BCUT2D eigenvalue weighted by Gasteiger charge is 2.28. The SMILES string of the molecule is Cl.O=C([C@@H]1CCCN1)N1CCN(Cc2ccncc2)CC1. The number of carbonyl (C=O) groups is 1. The molecule has 2 saturated heterocycles. The third-order valence-electron chi connectivity index (χ3n) is 4.20. The minimum absolute atomic E-state index is 0. The van der Waals surface area contributed by atoms with Gasteiger partial charge in [-0.3, -0.25) is 14.7 Å². The molecule has 6 heteroatoms. The summed E-state index contributed by atoms with van der Waals surface area (Å²) >= 11 is 0. The highest BCUT2D eigenvalue weighted by molar-refractivity contribution is 5.85. The largest absolute Gasteiger partial charge is 0.339 e. The quantitative estimate of drug-likeness (QED) is 0.901. The number of pyridine rings is 1. The summed E-state index contributed by atoms with van der Waals surface area (Å²) in [6, 6.07) is 4.18. The van der Waals surface area contributed by atoms with Crippen LogP contribution in [-0.2, 0) is 11.3 Å². The first-order valence-corrected chi connectivity index (χ1v) is 7.46. The minimum Gasteiger partial charge on any atom is -0.339 e. The van der Waals surface area contributed by atoms with Crippen molar-refractivity contribution in [3.8, 4) is 0 Å². The number of nitrogens with one attached hydrogen (secondary N) is 1. The summed E-state index contributed by atoms with van der Waals surface area (Å²) in [6.07, 6.45) is 5.79. The molecule has 5 nitrogen and oxygen atoms in total. The van der Waals surface area contributed by atoms with Crippen molar-refractivity contribution >= 4 is 18.3 Å². The summed E-state index contributed by atoms with van der Waals surface area (Å²) in [6.45, 7) is 5.55. The fraction of sp³-hybridized carbons (Fsp3) is 0.600. The molecule has 0 aliphatic carbocycles. The average Bonchev–Trinajstić information content (AvgIpc) is 3.03. The van der Waals surface area contributed by atoms with Crippen LogP contribution < -0.4 is 5.32 Å². The van der Waals surface area contributed by atoms with Crippen LogP contribution in [0.4, 0.5) is 0 Å². The van der Waals surface area contributed by atoms with Crippen LogP contribution in [-0.4, -0.2) is 59.5 Å².